The van der Waals surface area contributed by atoms with Crippen LogP contribution in [0.4, 0.5) is 0 Å². The molecule has 2 N–H and O–H groups in total. The molecule has 0 atom stereocenters. The second-order valence-electron chi connectivity index (χ2n) is 6.72. The van der Waals surface area contributed by atoms with E-state index in [0.29, 0.717) is 5.71 Å². The molecule has 9 nitrogen and oxygen atoms in total. The van der Waals surface area contributed by atoms with Gasteiger partial charge in [0.25, 0.3) is 11.8 Å². The first-order chi connectivity index (χ1) is 14.4. The molecule has 2 rings (SSSR count). The molecule has 1 aromatic carbocycles. The van der Waals surface area contributed by atoms with E-state index in [2.05, 4.69) is 15.8 Å². The fourth-order valence-corrected chi connectivity index (χ4v) is 2.54. The predicted octanol–water partition coefficient (Wildman–Crippen LogP) is 0.673. The molecule has 0 aromatic heterocycles. The average Bonchev–Trinajstić information content (AvgIpc) is 3.05. The highest BCUT2D eigenvalue weighted by molar-refractivity contribution is 6.13. The highest BCUT2D eigenvalue weighted by Gasteiger charge is 2.23. The molecular formula is C21H26N4O5. The van der Waals surface area contributed by atoms with Crippen molar-refractivity contribution in [2.75, 3.05) is 26.3 Å². The highest BCUT2D eigenvalue weighted by Crippen LogP contribution is 2.05. The van der Waals surface area contributed by atoms with Crippen LogP contribution in [0.5, 0.6) is 0 Å². The summed E-state index contributed by atoms with van der Waals surface area (Å²) in [7, 11) is 0. The van der Waals surface area contributed by atoms with E-state index >= 15 is 0 Å². The molecule has 0 radical (unpaired) electrons. The Labute approximate surface area is 175 Å². The van der Waals surface area contributed by atoms with Crippen LogP contribution in [0.2, 0.25) is 0 Å². The SMILES string of the molecule is C/C(=N\NC(=O)CCOCCNC(=O)CCN1C(=O)C=CC1=O)c1ccc(C)cc1. The molecule has 4 amide bonds. The van der Waals surface area contributed by atoms with E-state index in [-0.39, 0.29) is 51.0 Å². The first-order valence-corrected chi connectivity index (χ1v) is 9.65. The molecule has 0 saturated carbocycles. The standard InChI is InChI=1S/C21H26N4O5/c1-15-3-5-17(6-4-15)16(2)23-24-19(27)10-13-30-14-11-22-18(26)9-12-25-20(28)7-8-21(25)29/h3-8H,9-14H2,1-2H3,(H,22,26)(H,24,27)/b23-16+. The van der Waals surface area contributed by atoms with Gasteiger partial charge in [-0.15, -0.1) is 0 Å². The third-order valence-electron chi connectivity index (χ3n) is 4.32. The molecule has 160 valence electrons. The quantitative estimate of drug-likeness (QED) is 0.239. The van der Waals surface area contributed by atoms with E-state index < -0.39 is 11.8 Å². The van der Waals surface area contributed by atoms with Crippen LogP contribution in [0.1, 0.15) is 30.9 Å². The van der Waals surface area contributed by atoms with Gasteiger partial charge >= 0.3 is 0 Å². The highest BCUT2D eigenvalue weighted by atomic mass is 16.5. The monoisotopic (exact) mass is 414 g/mol. The second kappa shape index (κ2) is 11.6. The molecule has 0 aliphatic carbocycles. The van der Waals surface area contributed by atoms with Crippen LogP contribution in [-0.4, -0.2) is 60.5 Å². The second-order valence-corrected chi connectivity index (χ2v) is 6.72. The van der Waals surface area contributed by atoms with Crippen molar-refractivity contribution in [3.63, 3.8) is 0 Å². The summed E-state index contributed by atoms with van der Waals surface area (Å²) in [5, 5.41) is 6.70. The van der Waals surface area contributed by atoms with Gasteiger partial charge in [-0.05, 0) is 19.4 Å². The molecule has 1 heterocycles. The number of carbonyl (C=O) groups is 4. The maximum absolute atomic E-state index is 11.8. The van der Waals surface area contributed by atoms with Crippen molar-refractivity contribution in [2.45, 2.75) is 26.7 Å². The summed E-state index contributed by atoms with van der Waals surface area (Å²) in [6.45, 7) is 4.57. The Hall–Kier alpha value is -3.33. The number of aryl methyl sites for hydroxylation is 1. The third-order valence-corrected chi connectivity index (χ3v) is 4.32. The van der Waals surface area contributed by atoms with Crippen molar-refractivity contribution in [2.24, 2.45) is 5.10 Å². The average molecular weight is 414 g/mol. The summed E-state index contributed by atoms with van der Waals surface area (Å²) in [5.74, 6) is -1.37. The lowest BCUT2D eigenvalue weighted by molar-refractivity contribution is -0.137. The summed E-state index contributed by atoms with van der Waals surface area (Å²) in [5.41, 5.74) is 5.28. The zero-order valence-corrected chi connectivity index (χ0v) is 17.1. The van der Waals surface area contributed by atoms with Gasteiger partial charge in [-0.2, -0.15) is 5.10 Å². The van der Waals surface area contributed by atoms with Gasteiger partial charge in [0.15, 0.2) is 0 Å². The predicted molar refractivity (Wildman–Crippen MR) is 110 cm³/mol. The van der Waals surface area contributed by atoms with E-state index in [1.54, 1.807) is 0 Å². The molecule has 0 fully saturated rings. The van der Waals surface area contributed by atoms with Crippen molar-refractivity contribution in [3.8, 4) is 0 Å². The molecule has 0 saturated heterocycles. The summed E-state index contributed by atoms with van der Waals surface area (Å²) in [4.78, 5) is 47.3. The lowest BCUT2D eigenvalue weighted by Gasteiger charge is -2.13. The fourth-order valence-electron chi connectivity index (χ4n) is 2.54. The molecule has 0 bridgehead atoms. The summed E-state index contributed by atoms with van der Waals surface area (Å²) in [6, 6.07) is 7.84. The van der Waals surface area contributed by atoms with Crippen molar-refractivity contribution in [1.29, 1.82) is 0 Å². The van der Waals surface area contributed by atoms with Crippen LogP contribution in [0, 0.1) is 6.92 Å². The minimum atomic E-state index is -0.409. The number of hydrazone groups is 1. The van der Waals surface area contributed by atoms with E-state index in [9.17, 15) is 19.2 Å². The summed E-state index contributed by atoms with van der Waals surface area (Å²) < 4.78 is 5.32. The Balaban J connectivity index is 1.52. The van der Waals surface area contributed by atoms with E-state index in [1.807, 2.05) is 38.1 Å². The molecular weight excluding hydrogens is 388 g/mol. The summed E-state index contributed by atoms with van der Waals surface area (Å²) in [6.07, 6.45) is 2.53. The molecule has 1 aliphatic rings. The van der Waals surface area contributed by atoms with Crippen molar-refractivity contribution in [1.82, 2.24) is 15.6 Å². The lowest BCUT2D eigenvalue weighted by Crippen LogP contribution is -2.35. The number of ether oxygens (including phenoxy) is 1. The number of hydrogen-bond donors (Lipinski definition) is 2. The molecule has 30 heavy (non-hydrogen) atoms. The number of rotatable bonds is 11. The molecule has 1 aliphatic heterocycles. The van der Waals surface area contributed by atoms with Gasteiger partial charge in [0, 0.05) is 31.7 Å². The van der Waals surface area contributed by atoms with Crippen molar-refractivity contribution < 1.29 is 23.9 Å². The number of hydrogen-bond acceptors (Lipinski definition) is 6. The maximum Gasteiger partial charge on any atom is 0.253 e. The van der Waals surface area contributed by atoms with Gasteiger partial charge < -0.3 is 10.1 Å². The maximum atomic E-state index is 11.8. The Kier molecular flexibility index (Phi) is 8.89. The van der Waals surface area contributed by atoms with Gasteiger partial charge in [-0.1, -0.05) is 29.8 Å². The topological polar surface area (TPSA) is 117 Å². The van der Waals surface area contributed by atoms with Gasteiger partial charge in [0.2, 0.25) is 11.8 Å². The van der Waals surface area contributed by atoms with Crippen LogP contribution in [-0.2, 0) is 23.9 Å². The van der Waals surface area contributed by atoms with Gasteiger partial charge in [-0.3, -0.25) is 24.1 Å². The van der Waals surface area contributed by atoms with Crippen LogP contribution >= 0.6 is 0 Å². The molecule has 9 heteroatoms. The zero-order chi connectivity index (χ0) is 21.9. The first kappa shape index (κ1) is 23.0. The largest absolute Gasteiger partial charge is 0.379 e. The minimum absolute atomic E-state index is 0.0277. The zero-order valence-electron chi connectivity index (χ0n) is 17.1. The Bertz CT molecular complexity index is 827. The lowest BCUT2D eigenvalue weighted by atomic mass is 10.1. The number of imide groups is 1. The Morgan fingerprint density at radius 1 is 1.00 bits per heavy atom. The van der Waals surface area contributed by atoms with Crippen molar-refractivity contribution >= 4 is 29.3 Å². The van der Waals surface area contributed by atoms with E-state index in [0.717, 1.165) is 16.0 Å². The first-order valence-electron chi connectivity index (χ1n) is 9.65. The normalized spacial score (nSPS) is 13.7. The third kappa shape index (κ3) is 7.59. The van der Waals surface area contributed by atoms with Gasteiger partial charge in [0.05, 0.1) is 25.3 Å². The molecule has 1 aromatic rings. The van der Waals surface area contributed by atoms with Gasteiger partial charge in [0.1, 0.15) is 0 Å². The minimum Gasteiger partial charge on any atom is -0.379 e. The molecule has 0 unspecified atom stereocenters. The smallest absolute Gasteiger partial charge is 0.253 e. The van der Waals surface area contributed by atoms with Crippen molar-refractivity contribution in [3.05, 3.63) is 47.5 Å². The van der Waals surface area contributed by atoms with E-state index in [4.69, 9.17) is 4.74 Å². The number of benzene rings is 1. The number of amides is 4. The fraction of sp³-hybridized carbons (Fsp3) is 0.381. The number of nitrogens with one attached hydrogen (secondary N) is 2. The van der Waals surface area contributed by atoms with Crippen LogP contribution in [0.3, 0.4) is 0 Å². The number of carbonyl (C=O) groups excluding carboxylic acids is 4. The van der Waals surface area contributed by atoms with Crippen LogP contribution in [0.15, 0.2) is 41.5 Å². The Morgan fingerprint density at radius 3 is 2.33 bits per heavy atom. The van der Waals surface area contributed by atoms with Crippen LogP contribution < -0.4 is 10.7 Å². The summed E-state index contributed by atoms with van der Waals surface area (Å²) >= 11 is 0. The Morgan fingerprint density at radius 2 is 1.67 bits per heavy atom. The van der Waals surface area contributed by atoms with Crippen LogP contribution in [0.25, 0.3) is 0 Å². The number of nitrogens with zero attached hydrogens (tertiary/aromatic N) is 2. The van der Waals surface area contributed by atoms with Gasteiger partial charge in [-0.25, -0.2) is 5.43 Å². The van der Waals surface area contributed by atoms with E-state index in [1.165, 1.54) is 12.2 Å². The molecule has 0 spiro atoms.